The van der Waals surface area contributed by atoms with Crippen molar-refractivity contribution in [1.82, 2.24) is 5.06 Å². The van der Waals surface area contributed by atoms with Gasteiger partial charge in [0.25, 0.3) is 5.91 Å². The number of rotatable bonds is 4. The molecule has 0 radical (unpaired) electrons. The third-order valence-electron chi connectivity index (χ3n) is 3.47. The third kappa shape index (κ3) is 4.75. The van der Waals surface area contributed by atoms with Gasteiger partial charge in [0, 0.05) is 5.02 Å². The van der Waals surface area contributed by atoms with Crippen molar-refractivity contribution in [2.45, 2.75) is 41.2 Å². The molecule has 1 aromatic rings. The van der Waals surface area contributed by atoms with E-state index in [1.807, 2.05) is 26.0 Å². The van der Waals surface area contributed by atoms with Crippen LogP contribution in [0.2, 0.25) is 5.02 Å². The second-order valence-corrected chi connectivity index (χ2v) is 8.14. The minimum absolute atomic E-state index is 0.0255. The Kier molecular flexibility index (Phi) is 5.11. The first-order valence-electron chi connectivity index (χ1n) is 7.69. The first-order chi connectivity index (χ1) is 10.6. The number of amides is 1. The van der Waals surface area contributed by atoms with E-state index in [0.717, 1.165) is 5.56 Å². The van der Waals surface area contributed by atoms with Crippen molar-refractivity contribution in [3.63, 3.8) is 0 Å². The normalized spacial score (nSPS) is 18.2. The number of hydrogen-bond donors (Lipinski definition) is 0. The number of hydroxylamine groups is 2. The molecule has 0 spiro atoms. The molecule has 1 aliphatic rings. The maximum Gasteiger partial charge on any atom is 0.254 e. The molecule has 0 aromatic heterocycles. The lowest BCUT2D eigenvalue weighted by atomic mass is 9.95. The maximum atomic E-state index is 12.2. The number of nitrogens with zero attached hydrogens (tertiary/aromatic N) is 3. The molecule has 0 N–H and O–H groups in total. The number of benzene rings is 1. The van der Waals surface area contributed by atoms with Crippen molar-refractivity contribution in [2.75, 3.05) is 13.2 Å². The smallest absolute Gasteiger partial charge is 0.254 e. The molecule has 0 unspecified atom stereocenters. The van der Waals surface area contributed by atoms with Crippen LogP contribution >= 0.6 is 11.6 Å². The Labute approximate surface area is 142 Å². The molecule has 0 saturated carbocycles. The lowest BCUT2D eigenvalue weighted by Gasteiger charge is -2.17. The van der Waals surface area contributed by atoms with Crippen LogP contribution in [0, 0.1) is 10.8 Å². The second kappa shape index (κ2) is 6.57. The highest BCUT2D eigenvalue weighted by Gasteiger charge is 2.40. The van der Waals surface area contributed by atoms with Crippen molar-refractivity contribution in [2.24, 2.45) is 21.1 Å². The Morgan fingerprint density at radius 1 is 1.35 bits per heavy atom. The molecule has 1 amide bonds. The summed E-state index contributed by atoms with van der Waals surface area (Å²) in [7, 11) is 0. The van der Waals surface area contributed by atoms with Crippen LogP contribution in [0.5, 0.6) is 0 Å². The van der Waals surface area contributed by atoms with Gasteiger partial charge in [-0.15, -0.1) is 0 Å². The minimum atomic E-state index is -0.479. The van der Waals surface area contributed by atoms with E-state index in [4.69, 9.17) is 16.4 Å². The van der Waals surface area contributed by atoms with Gasteiger partial charge in [-0.3, -0.25) is 9.63 Å². The van der Waals surface area contributed by atoms with Gasteiger partial charge in [0.2, 0.25) is 0 Å². The van der Waals surface area contributed by atoms with Crippen molar-refractivity contribution >= 4 is 23.2 Å². The fourth-order valence-corrected chi connectivity index (χ4v) is 2.26. The highest BCUT2D eigenvalue weighted by molar-refractivity contribution is 6.31. The molecular formula is C17H24ClN3O2. The monoisotopic (exact) mass is 337 g/mol. The molecule has 2 rings (SSSR count). The van der Waals surface area contributed by atoms with Crippen LogP contribution < -0.4 is 0 Å². The molecular weight excluding hydrogens is 314 g/mol. The van der Waals surface area contributed by atoms with Gasteiger partial charge in [0.05, 0.1) is 30.8 Å². The van der Waals surface area contributed by atoms with Gasteiger partial charge in [-0.2, -0.15) is 10.2 Å². The number of hydrogen-bond acceptors (Lipinski definition) is 4. The van der Waals surface area contributed by atoms with E-state index in [9.17, 15) is 4.79 Å². The zero-order chi connectivity index (χ0) is 17.3. The Balaban J connectivity index is 2.04. The Hall–Kier alpha value is -1.46. The molecule has 5 nitrogen and oxygen atoms in total. The summed E-state index contributed by atoms with van der Waals surface area (Å²) >= 11 is 6.30. The number of carbonyl (C=O) groups is 1. The molecule has 1 heterocycles. The number of halogens is 1. The first kappa shape index (κ1) is 17.9. The van der Waals surface area contributed by atoms with Crippen LogP contribution in [0.3, 0.4) is 0 Å². The number of azo groups is 1. The summed E-state index contributed by atoms with van der Waals surface area (Å²) in [5.74, 6) is -0.0255. The van der Waals surface area contributed by atoms with E-state index < -0.39 is 5.41 Å². The highest BCUT2D eigenvalue weighted by Crippen LogP contribution is 2.30. The maximum absolute atomic E-state index is 12.2. The SMILES string of the molecule is CC(C)(C)CN=Nc1ccc(CN2OCC(C)(C)C2=O)c(Cl)c1. The Bertz CT molecular complexity index is 621. The standard InChI is InChI=1S/C17H24ClN3O2/c1-16(2,3)10-19-20-13-7-6-12(14(18)8-13)9-21-15(22)17(4,5)11-23-21/h6-8H,9-11H2,1-5H3. The van der Waals surface area contributed by atoms with E-state index in [1.54, 1.807) is 6.07 Å². The fourth-order valence-electron chi connectivity index (χ4n) is 2.03. The van der Waals surface area contributed by atoms with Gasteiger partial charge in [0.15, 0.2) is 0 Å². The zero-order valence-electron chi connectivity index (χ0n) is 14.4. The molecule has 1 aliphatic heterocycles. The van der Waals surface area contributed by atoms with E-state index >= 15 is 0 Å². The van der Waals surface area contributed by atoms with Gasteiger partial charge in [-0.1, -0.05) is 38.4 Å². The van der Waals surface area contributed by atoms with Gasteiger partial charge in [-0.25, -0.2) is 5.06 Å². The van der Waals surface area contributed by atoms with Crippen LogP contribution in [0.1, 0.15) is 40.2 Å². The number of carbonyl (C=O) groups excluding carboxylic acids is 1. The van der Waals surface area contributed by atoms with E-state index in [0.29, 0.717) is 30.4 Å². The highest BCUT2D eigenvalue weighted by atomic mass is 35.5. The minimum Gasteiger partial charge on any atom is -0.272 e. The Morgan fingerprint density at radius 3 is 2.57 bits per heavy atom. The molecule has 0 bridgehead atoms. The van der Waals surface area contributed by atoms with Gasteiger partial charge in [0.1, 0.15) is 0 Å². The van der Waals surface area contributed by atoms with Crippen LogP contribution in [0.25, 0.3) is 0 Å². The summed E-state index contributed by atoms with van der Waals surface area (Å²) < 4.78 is 0. The molecule has 0 atom stereocenters. The summed E-state index contributed by atoms with van der Waals surface area (Å²) in [6, 6.07) is 5.46. The molecule has 0 aliphatic carbocycles. The van der Waals surface area contributed by atoms with E-state index in [1.165, 1.54) is 5.06 Å². The van der Waals surface area contributed by atoms with Crippen LogP contribution in [0.15, 0.2) is 28.4 Å². The molecule has 1 aromatic carbocycles. The van der Waals surface area contributed by atoms with Gasteiger partial charge < -0.3 is 0 Å². The largest absolute Gasteiger partial charge is 0.272 e. The summed E-state index contributed by atoms with van der Waals surface area (Å²) in [6.45, 7) is 11.4. The van der Waals surface area contributed by atoms with E-state index in [-0.39, 0.29) is 11.3 Å². The van der Waals surface area contributed by atoms with Crippen molar-refractivity contribution in [3.05, 3.63) is 28.8 Å². The average molecular weight is 338 g/mol. The summed E-state index contributed by atoms with van der Waals surface area (Å²) in [5, 5.41) is 10.3. The molecule has 1 saturated heterocycles. The quantitative estimate of drug-likeness (QED) is 0.743. The van der Waals surface area contributed by atoms with Gasteiger partial charge in [-0.05, 0) is 37.0 Å². The average Bonchev–Trinajstić information content (AvgIpc) is 2.67. The molecule has 6 heteroatoms. The van der Waals surface area contributed by atoms with Crippen molar-refractivity contribution in [1.29, 1.82) is 0 Å². The molecule has 126 valence electrons. The molecule has 23 heavy (non-hydrogen) atoms. The second-order valence-electron chi connectivity index (χ2n) is 7.73. The van der Waals surface area contributed by atoms with Crippen LogP contribution in [-0.2, 0) is 16.2 Å². The first-order valence-corrected chi connectivity index (χ1v) is 8.07. The fraction of sp³-hybridized carbons (Fsp3) is 0.588. The summed E-state index contributed by atoms with van der Waals surface area (Å²) in [4.78, 5) is 17.6. The Morgan fingerprint density at radius 2 is 2.04 bits per heavy atom. The molecule has 1 fully saturated rings. The predicted octanol–water partition coefficient (Wildman–Crippen LogP) is 4.77. The lowest BCUT2D eigenvalue weighted by molar-refractivity contribution is -0.165. The lowest BCUT2D eigenvalue weighted by Crippen LogP contribution is -2.30. The van der Waals surface area contributed by atoms with Crippen molar-refractivity contribution < 1.29 is 9.63 Å². The van der Waals surface area contributed by atoms with Gasteiger partial charge >= 0.3 is 0 Å². The van der Waals surface area contributed by atoms with E-state index in [2.05, 4.69) is 31.0 Å². The predicted molar refractivity (Wildman–Crippen MR) is 90.6 cm³/mol. The summed E-state index contributed by atoms with van der Waals surface area (Å²) in [5.41, 5.74) is 1.16. The summed E-state index contributed by atoms with van der Waals surface area (Å²) in [6.07, 6.45) is 0. The van der Waals surface area contributed by atoms with Crippen LogP contribution in [-0.4, -0.2) is 24.1 Å². The van der Waals surface area contributed by atoms with Crippen LogP contribution in [0.4, 0.5) is 5.69 Å². The zero-order valence-corrected chi connectivity index (χ0v) is 15.1. The third-order valence-corrected chi connectivity index (χ3v) is 3.82. The topological polar surface area (TPSA) is 54.3 Å². The van der Waals surface area contributed by atoms with Crippen molar-refractivity contribution in [3.8, 4) is 0 Å².